The summed E-state index contributed by atoms with van der Waals surface area (Å²) in [6, 6.07) is 17.0. The van der Waals surface area contributed by atoms with E-state index < -0.39 is 0 Å². The van der Waals surface area contributed by atoms with Crippen LogP contribution in [-0.4, -0.2) is 18.2 Å². The van der Waals surface area contributed by atoms with Gasteiger partial charge in [0.25, 0.3) is 0 Å². The molecule has 0 spiro atoms. The van der Waals surface area contributed by atoms with E-state index in [1.807, 2.05) is 32.2 Å². The maximum atomic E-state index is 6.10. The molecular weight excluding hydrogens is 370 g/mol. The fourth-order valence-corrected chi connectivity index (χ4v) is 3.98. The number of aryl methyl sites for hydroxylation is 2. The van der Waals surface area contributed by atoms with Crippen molar-refractivity contribution < 1.29 is 9.47 Å². The molecule has 3 rings (SSSR count). The molecule has 0 N–H and O–H groups in total. The minimum atomic E-state index is 0.153. The smallest absolute Gasteiger partial charge is 0.126 e. The molecule has 1 aromatic heterocycles. The molecule has 0 radical (unpaired) electrons. The Labute approximate surface area is 181 Å². The molecule has 2 aromatic carbocycles. The quantitative estimate of drug-likeness (QED) is 0.393. The lowest BCUT2D eigenvalue weighted by Gasteiger charge is -2.20. The van der Waals surface area contributed by atoms with Gasteiger partial charge in [-0.05, 0) is 55.5 Å². The average Bonchev–Trinajstić information content (AvgIpc) is 2.78. The van der Waals surface area contributed by atoms with E-state index in [1.54, 1.807) is 0 Å². The van der Waals surface area contributed by atoms with Gasteiger partial charge in [0, 0.05) is 29.3 Å². The Morgan fingerprint density at radius 3 is 2.13 bits per heavy atom. The highest BCUT2D eigenvalue weighted by atomic mass is 16.5. The third-order valence-corrected chi connectivity index (χ3v) is 5.59. The molecule has 0 bridgehead atoms. The third-order valence-electron chi connectivity index (χ3n) is 5.59. The second kappa shape index (κ2) is 10.3. The summed E-state index contributed by atoms with van der Waals surface area (Å²) in [5, 5.41) is 0. The Hall–Kier alpha value is -2.81. The number of pyridine rings is 1. The van der Waals surface area contributed by atoms with Crippen molar-refractivity contribution in [2.75, 3.05) is 13.2 Å². The summed E-state index contributed by atoms with van der Waals surface area (Å²) in [5.41, 5.74) is 7.19. The first-order chi connectivity index (χ1) is 14.6. The summed E-state index contributed by atoms with van der Waals surface area (Å²) in [7, 11) is 0. The van der Waals surface area contributed by atoms with E-state index in [0.717, 1.165) is 35.6 Å². The standard InChI is InChI=1S/C27H33NO2/c1-6-20-12-10-13-21(7-2)27(20)25-17-26(30-9-4)24(18-28-25)19(5)22-14-11-15-23(16-22)29-8-3/h10-19H,6-9H2,1-5H3. The van der Waals surface area contributed by atoms with Gasteiger partial charge in [0.15, 0.2) is 0 Å². The Bertz CT molecular complexity index is 958. The minimum absolute atomic E-state index is 0.153. The van der Waals surface area contributed by atoms with Crippen LogP contribution < -0.4 is 9.47 Å². The molecule has 0 saturated heterocycles. The van der Waals surface area contributed by atoms with Crippen LogP contribution in [0, 0.1) is 0 Å². The highest BCUT2D eigenvalue weighted by Crippen LogP contribution is 2.36. The minimum Gasteiger partial charge on any atom is -0.494 e. The molecule has 0 fully saturated rings. The summed E-state index contributed by atoms with van der Waals surface area (Å²) in [4.78, 5) is 4.90. The number of ether oxygens (including phenoxy) is 2. The van der Waals surface area contributed by atoms with Gasteiger partial charge < -0.3 is 9.47 Å². The fourth-order valence-electron chi connectivity index (χ4n) is 3.98. The molecule has 0 aliphatic rings. The molecule has 3 nitrogen and oxygen atoms in total. The molecule has 0 saturated carbocycles. The Morgan fingerprint density at radius 1 is 0.833 bits per heavy atom. The zero-order valence-corrected chi connectivity index (χ0v) is 18.9. The predicted octanol–water partition coefficient (Wildman–Crippen LogP) is 6.82. The number of rotatable bonds is 9. The molecule has 3 heteroatoms. The van der Waals surface area contributed by atoms with E-state index in [-0.39, 0.29) is 5.92 Å². The number of nitrogens with zero attached hydrogens (tertiary/aromatic N) is 1. The second-order valence-corrected chi connectivity index (χ2v) is 7.43. The summed E-state index contributed by atoms with van der Waals surface area (Å²) in [5.74, 6) is 1.96. The summed E-state index contributed by atoms with van der Waals surface area (Å²) >= 11 is 0. The number of hydrogen-bond acceptors (Lipinski definition) is 3. The van der Waals surface area contributed by atoms with Crippen molar-refractivity contribution in [1.82, 2.24) is 4.98 Å². The average molecular weight is 404 g/mol. The molecule has 158 valence electrons. The van der Waals surface area contributed by atoms with Gasteiger partial charge in [0.1, 0.15) is 11.5 Å². The van der Waals surface area contributed by atoms with Gasteiger partial charge in [0.05, 0.1) is 18.9 Å². The maximum absolute atomic E-state index is 6.10. The first kappa shape index (κ1) is 21.9. The lowest BCUT2D eigenvalue weighted by Crippen LogP contribution is -2.05. The van der Waals surface area contributed by atoms with Crippen molar-refractivity contribution in [2.45, 2.75) is 53.4 Å². The number of aromatic nitrogens is 1. The summed E-state index contributed by atoms with van der Waals surface area (Å²) in [6.45, 7) is 11.9. The van der Waals surface area contributed by atoms with Crippen LogP contribution in [0.1, 0.15) is 62.8 Å². The van der Waals surface area contributed by atoms with Crippen LogP contribution >= 0.6 is 0 Å². The van der Waals surface area contributed by atoms with Crippen LogP contribution in [0.15, 0.2) is 54.7 Å². The highest BCUT2D eigenvalue weighted by molar-refractivity contribution is 5.70. The topological polar surface area (TPSA) is 31.4 Å². The lowest BCUT2D eigenvalue weighted by atomic mass is 9.91. The molecule has 1 unspecified atom stereocenters. The van der Waals surface area contributed by atoms with E-state index in [2.05, 4.69) is 57.2 Å². The van der Waals surface area contributed by atoms with Gasteiger partial charge in [0.2, 0.25) is 0 Å². The van der Waals surface area contributed by atoms with Crippen LogP contribution in [0.5, 0.6) is 11.5 Å². The van der Waals surface area contributed by atoms with Crippen molar-refractivity contribution >= 4 is 0 Å². The van der Waals surface area contributed by atoms with Crippen molar-refractivity contribution in [1.29, 1.82) is 0 Å². The highest BCUT2D eigenvalue weighted by Gasteiger charge is 2.18. The monoisotopic (exact) mass is 403 g/mol. The van der Waals surface area contributed by atoms with Gasteiger partial charge in [-0.15, -0.1) is 0 Å². The largest absolute Gasteiger partial charge is 0.494 e. The predicted molar refractivity (Wildman–Crippen MR) is 125 cm³/mol. The Kier molecular flexibility index (Phi) is 7.51. The lowest BCUT2D eigenvalue weighted by molar-refractivity contribution is 0.334. The Morgan fingerprint density at radius 2 is 1.50 bits per heavy atom. The van der Waals surface area contributed by atoms with E-state index in [4.69, 9.17) is 14.5 Å². The van der Waals surface area contributed by atoms with Crippen molar-refractivity contribution in [2.24, 2.45) is 0 Å². The molecular formula is C27H33NO2. The number of benzene rings is 2. The zero-order chi connectivity index (χ0) is 21.5. The Balaban J connectivity index is 2.06. The van der Waals surface area contributed by atoms with Gasteiger partial charge >= 0.3 is 0 Å². The van der Waals surface area contributed by atoms with Crippen LogP contribution in [0.25, 0.3) is 11.3 Å². The molecule has 30 heavy (non-hydrogen) atoms. The molecule has 0 amide bonds. The molecule has 1 atom stereocenters. The molecule has 3 aromatic rings. The number of hydrogen-bond donors (Lipinski definition) is 0. The normalized spacial score (nSPS) is 11.9. The summed E-state index contributed by atoms with van der Waals surface area (Å²) in [6.07, 6.45) is 3.96. The second-order valence-electron chi connectivity index (χ2n) is 7.43. The molecule has 0 aliphatic heterocycles. The van der Waals surface area contributed by atoms with Crippen LogP contribution in [0.2, 0.25) is 0 Å². The zero-order valence-electron chi connectivity index (χ0n) is 18.9. The van der Waals surface area contributed by atoms with E-state index in [0.29, 0.717) is 13.2 Å². The van der Waals surface area contributed by atoms with Crippen molar-refractivity contribution in [3.05, 3.63) is 77.0 Å². The van der Waals surface area contributed by atoms with Crippen LogP contribution in [0.4, 0.5) is 0 Å². The van der Waals surface area contributed by atoms with Gasteiger partial charge in [-0.1, -0.05) is 51.1 Å². The molecule has 0 aliphatic carbocycles. The van der Waals surface area contributed by atoms with Gasteiger partial charge in [-0.3, -0.25) is 4.98 Å². The molecule has 1 heterocycles. The maximum Gasteiger partial charge on any atom is 0.126 e. The van der Waals surface area contributed by atoms with Gasteiger partial charge in [-0.2, -0.15) is 0 Å². The van der Waals surface area contributed by atoms with Gasteiger partial charge in [-0.25, -0.2) is 0 Å². The third kappa shape index (κ3) is 4.67. The first-order valence-electron chi connectivity index (χ1n) is 11.1. The first-order valence-corrected chi connectivity index (χ1v) is 11.1. The van der Waals surface area contributed by atoms with E-state index in [1.165, 1.54) is 22.3 Å². The van der Waals surface area contributed by atoms with E-state index in [9.17, 15) is 0 Å². The van der Waals surface area contributed by atoms with Crippen LogP contribution in [0.3, 0.4) is 0 Å². The van der Waals surface area contributed by atoms with E-state index >= 15 is 0 Å². The van der Waals surface area contributed by atoms with Crippen LogP contribution in [-0.2, 0) is 12.8 Å². The van der Waals surface area contributed by atoms with Crippen molar-refractivity contribution in [3.8, 4) is 22.8 Å². The van der Waals surface area contributed by atoms with Crippen molar-refractivity contribution in [3.63, 3.8) is 0 Å². The fraction of sp³-hybridized carbons (Fsp3) is 0.370. The summed E-state index contributed by atoms with van der Waals surface area (Å²) < 4.78 is 11.8. The SMILES string of the molecule is CCOc1cccc(C(C)c2cnc(-c3c(CC)cccc3CC)cc2OCC)c1.